The molecule has 2 rings (SSSR count). The van der Waals surface area contributed by atoms with Crippen molar-refractivity contribution in [3.63, 3.8) is 0 Å². The molecule has 0 saturated carbocycles. The molecule has 0 heterocycles. The number of rotatable bonds is 4. The minimum absolute atomic E-state index is 0.279. The fraction of sp³-hybridized carbons (Fsp3) is 0.200. The van der Waals surface area contributed by atoms with E-state index in [4.69, 9.17) is 17.3 Å². The molecule has 0 unspecified atom stereocenters. The molecular formula is C15H13ClF3NO. The molecule has 0 fully saturated rings. The Morgan fingerprint density at radius 3 is 2.38 bits per heavy atom. The van der Waals surface area contributed by atoms with Crippen molar-refractivity contribution in [3.05, 3.63) is 53.1 Å². The van der Waals surface area contributed by atoms with Crippen molar-refractivity contribution in [3.8, 4) is 16.9 Å². The first kappa shape index (κ1) is 15.7. The first-order valence-corrected chi connectivity index (χ1v) is 6.62. The van der Waals surface area contributed by atoms with Crippen LogP contribution in [-0.4, -0.2) is 12.9 Å². The summed E-state index contributed by atoms with van der Waals surface area (Å²) < 4.78 is 41.3. The molecule has 0 aliphatic rings. The van der Waals surface area contributed by atoms with Gasteiger partial charge in [-0.3, -0.25) is 0 Å². The molecule has 0 aromatic heterocycles. The lowest BCUT2D eigenvalue weighted by Crippen LogP contribution is -2.17. The summed E-state index contributed by atoms with van der Waals surface area (Å²) >= 11 is 6.17. The Morgan fingerprint density at radius 2 is 1.76 bits per heavy atom. The van der Waals surface area contributed by atoms with Crippen molar-refractivity contribution < 1.29 is 17.9 Å². The number of halogens is 4. The fourth-order valence-electron chi connectivity index (χ4n) is 2.00. The van der Waals surface area contributed by atoms with E-state index in [0.717, 1.165) is 5.56 Å². The highest BCUT2D eigenvalue weighted by Gasteiger charge is 2.32. The van der Waals surface area contributed by atoms with E-state index in [1.165, 1.54) is 18.2 Å². The number of alkyl halides is 3. The second-order valence-electron chi connectivity index (χ2n) is 4.40. The molecule has 2 N–H and O–H groups in total. The van der Waals surface area contributed by atoms with Crippen molar-refractivity contribution in [2.45, 2.75) is 12.8 Å². The van der Waals surface area contributed by atoms with E-state index in [1.807, 2.05) is 0 Å². The van der Waals surface area contributed by atoms with Gasteiger partial charge in [-0.25, -0.2) is 0 Å². The third kappa shape index (κ3) is 4.12. The number of para-hydroxylation sites is 1. The van der Waals surface area contributed by atoms with Gasteiger partial charge in [0, 0.05) is 16.1 Å². The molecular weight excluding hydrogens is 303 g/mol. The summed E-state index contributed by atoms with van der Waals surface area (Å²) in [5, 5.41) is 0.360. The van der Waals surface area contributed by atoms with Crippen LogP contribution in [0.2, 0.25) is 5.02 Å². The van der Waals surface area contributed by atoms with E-state index in [-0.39, 0.29) is 5.75 Å². The molecule has 0 atom stereocenters. The van der Waals surface area contributed by atoms with Gasteiger partial charge in [0.25, 0.3) is 0 Å². The average molecular weight is 316 g/mol. The standard InChI is InChI=1S/C15H13ClF3NO/c16-13-9-10(7-8-20)5-6-11(13)12-3-1-2-4-14(12)21-15(17,18)19/h1-6,9H,7-8,20H2. The lowest BCUT2D eigenvalue weighted by atomic mass is 10.0. The first-order valence-electron chi connectivity index (χ1n) is 6.24. The number of benzene rings is 2. The summed E-state index contributed by atoms with van der Waals surface area (Å²) in [4.78, 5) is 0. The molecule has 2 nitrogen and oxygen atoms in total. The molecule has 6 heteroatoms. The van der Waals surface area contributed by atoms with Gasteiger partial charge in [0.1, 0.15) is 5.75 Å². The summed E-state index contributed by atoms with van der Waals surface area (Å²) in [6.45, 7) is 0.476. The molecule has 2 aromatic rings. The van der Waals surface area contributed by atoms with Crippen LogP contribution in [0, 0.1) is 0 Å². The third-order valence-electron chi connectivity index (χ3n) is 2.87. The predicted octanol–water partition coefficient (Wildman–Crippen LogP) is 4.41. The molecule has 0 aliphatic carbocycles. The van der Waals surface area contributed by atoms with Gasteiger partial charge in [-0.15, -0.1) is 13.2 Å². The highest BCUT2D eigenvalue weighted by atomic mass is 35.5. The maximum absolute atomic E-state index is 12.4. The monoisotopic (exact) mass is 315 g/mol. The van der Waals surface area contributed by atoms with Crippen LogP contribution in [0.15, 0.2) is 42.5 Å². The van der Waals surface area contributed by atoms with Crippen LogP contribution < -0.4 is 10.5 Å². The van der Waals surface area contributed by atoms with E-state index in [1.54, 1.807) is 24.3 Å². The van der Waals surface area contributed by atoms with Crippen molar-refractivity contribution in [1.82, 2.24) is 0 Å². The van der Waals surface area contributed by atoms with Crippen molar-refractivity contribution in [2.75, 3.05) is 6.54 Å². The fourth-order valence-corrected chi connectivity index (χ4v) is 2.31. The predicted molar refractivity (Wildman–Crippen MR) is 76.3 cm³/mol. The van der Waals surface area contributed by atoms with Gasteiger partial charge in [-0.2, -0.15) is 0 Å². The Balaban J connectivity index is 2.42. The van der Waals surface area contributed by atoms with Gasteiger partial charge in [0.05, 0.1) is 0 Å². The van der Waals surface area contributed by atoms with Gasteiger partial charge >= 0.3 is 6.36 Å². The molecule has 0 saturated heterocycles. The maximum Gasteiger partial charge on any atom is 0.573 e. The Labute approximate surface area is 125 Å². The van der Waals surface area contributed by atoms with Gasteiger partial charge in [-0.1, -0.05) is 41.9 Å². The molecule has 0 bridgehead atoms. The molecule has 2 aromatic carbocycles. The zero-order valence-electron chi connectivity index (χ0n) is 11.0. The quantitative estimate of drug-likeness (QED) is 0.907. The third-order valence-corrected chi connectivity index (χ3v) is 3.18. The van der Waals surface area contributed by atoms with Crippen LogP contribution in [0.5, 0.6) is 5.75 Å². The smallest absolute Gasteiger partial charge is 0.405 e. The van der Waals surface area contributed by atoms with Crippen molar-refractivity contribution in [1.29, 1.82) is 0 Å². The zero-order chi connectivity index (χ0) is 15.5. The normalized spacial score (nSPS) is 11.5. The summed E-state index contributed by atoms with van der Waals surface area (Å²) in [5.41, 5.74) is 7.17. The number of hydrogen-bond acceptors (Lipinski definition) is 2. The summed E-state index contributed by atoms with van der Waals surface area (Å²) in [5.74, 6) is -0.279. The zero-order valence-corrected chi connectivity index (χ0v) is 11.7. The van der Waals surface area contributed by atoms with Crippen molar-refractivity contribution in [2.24, 2.45) is 5.73 Å². The largest absolute Gasteiger partial charge is 0.573 e. The number of nitrogens with two attached hydrogens (primary N) is 1. The van der Waals surface area contributed by atoms with Crippen LogP contribution in [0.4, 0.5) is 13.2 Å². The van der Waals surface area contributed by atoms with Crippen LogP contribution in [0.25, 0.3) is 11.1 Å². The number of hydrogen-bond donors (Lipinski definition) is 1. The van der Waals surface area contributed by atoms with E-state index in [2.05, 4.69) is 4.74 Å². The van der Waals surface area contributed by atoms with Gasteiger partial charge < -0.3 is 10.5 Å². The number of ether oxygens (including phenoxy) is 1. The Bertz CT molecular complexity index is 629. The molecule has 0 radical (unpaired) electrons. The van der Waals surface area contributed by atoms with Crippen molar-refractivity contribution >= 4 is 11.6 Å². The van der Waals surface area contributed by atoms with Gasteiger partial charge in [-0.05, 0) is 30.7 Å². The van der Waals surface area contributed by atoms with E-state index >= 15 is 0 Å². The maximum atomic E-state index is 12.4. The molecule has 0 spiro atoms. The highest BCUT2D eigenvalue weighted by molar-refractivity contribution is 6.33. The minimum atomic E-state index is -4.75. The lowest BCUT2D eigenvalue weighted by molar-refractivity contribution is -0.274. The van der Waals surface area contributed by atoms with E-state index < -0.39 is 6.36 Å². The Hall–Kier alpha value is -1.72. The van der Waals surface area contributed by atoms with E-state index in [9.17, 15) is 13.2 Å². The Morgan fingerprint density at radius 1 is 1.05 bits per heavy atom. The topological polar surface area (TPSA) is 35.2 Å². The van der Waals surface area contributed by atoms with Gasteiger partial charge in [0.15, 0.2) is 0 Å². The molecule has 0 aliphatic heterocycles. The SMILES string of the molecule is NCCc1ccc(-c2ccccc2OC(F)(F)F)c(Cl)c1. The van der Waals surface area contributed by atoms with Crippen LogP contribution in [0.3, 0.4) is 0 Å². The molecule has 112 valence electrons. The van der Waals surface area contributed by atoms with Crippen LogP contribution in [0.1, 0.15) is 5.56 Å². The lowest BCUT2D eigenvalue weighted by Gasteiger charge is -2.14. The minimum Gasteiger partial charge on any atom is -0.405 e. The van der Waals surface area contributed by atoms with Crippen LogP contribution in [-0.2, 0) is 6.42 Å². The summed E-state index contributed by atoms with van der Waals surface area (Å²) in [6.07, 6.45) is -4.09. The summed E-state index contributed by atoms with van der Waals surface area (Å²) in [6, 6.07) is 11.1. The highest BCUT2D eigenvalue weighted by Crippen LogP contribution is 2.37. The molecule has 21 heavy (non-hydrogen) atoms. The van der Waals surface area contributed by atoms with Gasteiger partial charge in [0.2, 0.25) is 0 Å². The second kappa shape index (κ2) is 6.37. The summed E-state index contributed by atoms with van der Waals surface area (Å²) in [7, 11) is 0. The second-order valence-corrected chi connectivity index (χ2v) is 4.80. The Kier molecular flexibility index (Phi) is 4.75. The average Bonchev–Trinajstić information content (AvgIpc) is 2.39. The molecule has 0 amide bonds. The van der Waals surface area contributed by atoms with E-state index in [0.29, 0.717) is 29.1 Å². The van der Waals surface area contributed by atoms with Crippen LogP contribution >= 0.6 is 11.6 Å². The first-order chi connectivity index (χ1) is 9.90.